The molecule has 0 fully saturated rings. The maximum absolute atomic E-state index is 10.7. The minimum absolute atomic E-state index is 0.0746. The molecule has 0 aromatic heterocycles. The molecule has 0 saturated carbocycles. The Morgan fingerprint density at radius 2 is 1.87 bits per heavy atom. The van der Waals surface area contributed by atoms with Crippen molar-refractivity contribution in [1.82, 2.24) is 10.6 Å². The first-order valence-electron chi connectivity index (χ1n) is 10.3. The number of nitro groups is 1. The third-order valence-corrected chi connectivity index (χ3v) is 4.41. The van der Waals surface area contributed by atoms with E-state index >= 15 is 0 Å². The number of nitrogens with one attached hydrogen (secondary N) is 3. The van der Waals surface area contributed by atoms with Gasteiger partial charge in [-0.15, -0.1) is 0 Å². The van der Waals surface area contributed by atoms with E-state index in [0.29, 0.717) is 45.4 Å². The van der Waals surface area contributed by atoms with Gasteiger partial charge in [0.15, 0.2) is 5.96 Å². The summed E-state index contributed by atoms with van der Waals surface area (Å²) in [5, 5.41) is 20.4. The van der Waals surface area contributed by atoms with Gasteiger partial charge in [-0.05, 0) is 37.6 Å². The molecule has 0 aliphatic heterocycles. The van der Waals surface area contributed by atoms with Crippen molar-refractivity contribution >= 4 is 17.3 Å². The molecule has 168 valence electrons. The average Bonchev–Trinajstić information content (AvgIpc) is 2.77. The molecule has 9 nitrogen and oxygen atoms in total. The number of ether oxygens (including phenoxy) is 2. The molecule has 2 aromatic rings. The lowest BCUT2D eigenvalue weighted by Crippen LogP contribution is -2.39. The van der Waals surface area contributed by atoms with Gasteiger partial charge < -0.3 is 25.4 Å². The molecule has 2 aromatic carbocycles. The first-order valence-corrected chi connectivity index (χ1v) is 10.3. The van der Waals surface area contributed by atoms with E-state index in [2.05, 4.69) is 27.0 Å². The van der Waals surface area contributed by atoms with Crippen molar-refractivity contribution in [2.45, 2.75) is 20.4 Å². The van der Waals surface area contributed by atoms with Crippen molar-refractivity contribution in [3.05, 3.63) is 63.7 Å². The Morgan fingerprint density at radius 1 is 1.10 bits per heavy atom. The summed E-state index contributed by atoms with van der Waals surface area (Å²) in [5.41, 5.74) is 3.07. The van der Waals surface area contributed by atoms with Crippen LogP contribution in [0, 0.1) is 17.0 Å². The average molecular weight is 430 g/mol. The number of benzene rings is 2. The van der Waals surface area contributed by atoms with Gasteiger partial charge in [-0.2, -0.15) is 0 Å². The first kappa shape index (κ1) is 23.9. The molecule has 0 heterocycles. The van der Waals surface area contributed by atoms with Crippen LogP contribution < -0.4 is 20.7 Å². The highest BCUT2D eigenvalue weighted by molar-refractivity contribution is 5.79. The van der Waals surface area contributed by atoms with Crippen molar-refractivity contribution in [2.75, 3.05) is 45.3 Å². The lowest BCUT2D eigenvalue weighted by atomic mass is 10.1. The summed E-state index contributed by atoms with van der Waals surface area (Å²) in [5.74, 6) is 1.51. The molecule has 0 bridgehead atoms. The van der Waals surface area contributed by atoms with Crippen molar-refractivity contribution in [2.24, 2.45) is 4.99 Å². The molecule has 0 radical (unpaired) electrons. The number of aryl methyl sites for hydroxylation is 1. The molecule has 0 atom stereocenters. The fourth-order valence-corrected chi connectivity index (χ4v) is 2.79. The fourth-order valence-electron chi connectivity index (χ4n) is 2.79. The van der Waals surface area contributed by atoms with E-state index in [1.165, 1.54) is 12.1 Å². The highest BCUT2D eigenvalue weighted by Gasteiger charge is 2.07. The Labute approximate surface area is 183 Å². The van der Waals surface area contributed by atoms with Crippen LogP contribution in [-0.4, -0.2) is 50.8 Å². The third-order valence-electron chi connectivity index (χ3n) is 4.41. The van der Waals surface area contributed by atoms with Crippen LogP contribution in [0.15, 0.2) is 47.5 Å². The van der Waals surface area contributed by atoms with E-state index in [9.17, 15) is 10.1 Å². The van der Waals surface area contributed by atoms with Crippen LogP contribution in [0.4, 0.5) is 11.4 Å². The van der Waals surface area contributed by atoms with Crippen LogP contribution in [0.2, 0.25) is 0 Å². The summed E-state index contributed by atoms with van der Waals surface area (Å²) in [4.78, 5) is 14.5. The minimum Gasteiger partial charge on any atom is -0.491 e. The quantitative estimate of drug-likeness (QED) is 0.156. The largest absolute Gasteiger partial charge is 0.491 e. The van der Waals surface area contributed by atoms with Crippen LogP contribution in [0.1, 0.15) is 18.1 Å². The number of rotatable bonds is 12. The maximum atomic E-state index is 10.7. The maximum Gasteiger partial charge on any atom is 0.269 e. The Balaban J connectivity index is 1.78. The summed E-state index contributed by atoms with van der Waals surface area (Å²) in [6.07, 6.45) is 0. The molecule has 3 N–H and O–H groups in total. The van der Waals surface area contributed by atoms with Gasteiger partial charge in [-0.3, -0.25) is 15.1 Å². The zero-order valence-electron chi connectivity index (χ0n) is 18.3. The van der Waals surface area contributed by atoms with E-state index in [1.807, 2.05) is 26.0 Å². The molecule has 0 aliphatic rings. The molecule has 9 heteroatoms. The van der Waals surface area contributed by atoms with Gasteiger partial charge in [0, 0.05) is 56.7 Å². The number of guanidine groups is 1. The van der Waals surface area contributed by atoms with Gasteiger partial charge in [0.05, 0.1) is 11.5 Å². The van der Waals surface area contributed by atoms with Crippen LogP contribution in [0.5, 0.6) is 5.75 Å². The van der Waals surface area contributed by atoms with E-state index in [4.69, 9.17) is 9.47 Å². The summed E-state index contributed by atoms with van der Waals surface area (Å²) in [6.45, 7) is 7.56. The van der Waals surface area contributed by atoms with Crippen molar-refractivity contribution in [1.29, 1.82) is 0 Å². The van der Waals surface area contributed by atoms with Gasteiger partial charge in [0.1, 0.15) is 12.4 Å². The summed E-state index contributed by atoms with van der Waals surface area (Å²) in [6, 6.07) is 12.5. The van der Waals surface area contributed by atoms with E-state index in [0.717, 1.165) is 22.6 Å². The zero-order valence-corrected chi connectivity index (χ0v) is 18.3. The molecular formula is C22H31N5O4. The highest BCUT2D eigenvalue weighted by atomic mass is 16.6. The number of nitrogens with zero attached hydrogens (tertiary/aromatic N) is 2. The van der Waals surface area contributed by atoms with Gasteiger partial charge >= 0.3 is 0 Å². The van der Waals surface area contributed by atoms with Gasteiger partial charge in [0.2, 0.25) is 0 Å². The third kappa shape index (κ3) is 8.51. The standard InChI is InChI=1S/C22H31N5O4/c1-4-30-13-14-31-21-15-17(2)5-6-18(21)16-26-22(23-3)25-12-11-24-19-7-9-20(10-8-19)27(28)29/h5-10,15,24H,4,11-14,16H2,1-3H3,(H2,23,25,26). The Hall–Kier alpha value is -3.33. The smallest absolute Gasteiger partial charge is 0.269 e. The van der Waals surface area contributed by atoms with E-state index in [-0.39, 0.29) is 5.69 Å². The second-order valence-corrected chi connectivity index (χ2v) is 6.74. The van der Waals surface area contributed by atoms with Gasteiger partial charge in [-0.25, -0.2) is 0 Å². The number of hydrogen-bond donors (Lipinski definition) is 3. The summed E-state index contributed by atoms with van der Waals surface area (Å²) >= 11 is 0. The molecule has 2 rings (SSSR count). The van der Waals surface area contributed by atoms with Crippen LogP contribution in [-0.2, 0) is 11.3 Å². The molecule has 0 unspecified atom stereocenters. The molecular weight excluding hydrogens is 398 g/mol. The number of aliphatic imine (C=N–C) groups is 1. The van der Waals surface area contributed by atoms with Gasteiger partial charge in [-0.1, -0.05) is 12.1 Å². The first-order chi connectivity index (χ1) is 15.0. The predicted octanol–water partition coefficient (Wildman–Crippen LogP) is 3.10. The number of anilines is 1. The Bertz CT molecular complexity index is 855. The second-order valence-electron chi connectivity index (χ2n) is 6.74. The number of non-ortho nitro benzene ring substituents is 1. The monoisotopic (exact) mass is 429 g/mol. The molecule has 0 aliphatic carbocycles. The number of hydrogen-bond acceptors (Lipinski definition) is 6. The normalized spacial score (nSPS) is 11.1. The Morgan fingerprint density at radius 3 is 2.55 bits per heavy atom. The van der Waals surface area contributed by atoms with Crippen molar-refractivity contribution in [3.8, 4) is 5.75 Å². The molecule has 0 saturated heterocycles. The molecule has 0 spiro atoms. The lowest BCUT2D eigenvalue weighted by Gasteiger charge is -2.16. The molecule has 0 amide bonds. The van der Waals surface area contributed by atoms with Crippen LogP contribution in [0.3, 0.4) is 0 Å². The van der Waals surface area contributed by atoms with Crippen LogP contribution in [0.25, 0.3) is 0 Å². The summed E-state index contributed by atoms with van der Waals surface area (Å²) in [7, 11) is 1.72. The van der Waals surface area contributed by atoms with Gasteiger partial charge in [0.25, 0.3) is 5.69 Å². The van der Waals surface area contributed by atoms with Crippen molar-refractivity contribution in [3.63, 3.8) is 0 Å². The highest BCUT2D eigenvalue weighted by Crippen LogP contribution is 2.20. The zero-order chi connectivity index (χ0) is 22.5. The summed E-state index contributed by atoms with van der Waals surface area (Å²) < 4.78 is 11.2. The predicted molar refractivity (Wildman–Crippen MR) is 123 cm³/mol. The fraction of sp³-hybridized carbons (Fsp3) is 0.409. The number of nitro benzene ring substituents is 1. The lowest BCUT2D eigenvalue weighted by molar-refractivity contribution is -0.384. The second kappa shape index (κ2) is 13.1. The van der Waals surface area contributed by atoms with E-state index in [1.54, 1.807) is 19.2 Å². The van der Waals surface area contributed by atoms with E-state index < -0.39 is 4.92 Å². The Kier molecular flexibility index (Phi) is 10.1. The molecule has 31 heavy (non-hydrogen) atoms. The minimum atomic E-state index is -0.412. The SMILES string of the molecule is CCOCCOc1cc(C)ccc1CNC(=NC)NCCNc1ccc([N+](=O)[O-])cc1. The van der Waals surface area contributed by atoms with Crippen molar-refractivity contribution < 1.29 is 14.4 Å². The topological polar surface area (TPSA) is 110 Å². The van der Waals surface area contributed by atoms with Crippen LogP contribution >= 0.6 is 0 Å².